The van der Waals surface area contributed by atoms with Crippen molar-refractivity contribution >= 4 is 28.2 Å². The van der Waals surface area contributed by atoms with Crippen molar-refractivity contribution in [2.24, 2.45) is 0 Å². The third kappa shape index (κ3) is 4.10. The van der Waals surface area contributed by atoms with Crippen LogP contribution >= 0.6 is 11.3 Å². The second-order valence-electron chi connectivity index (χ2n) is 4.87. The summed E-state index contributed by atoms with van der Waals surface area (Å²) in [5.41, 5.74) is 2.24. The van der Waals surface area contributed by atoms with E-state index in [2.05, 4.69) is 25.6 Å². The Labute approximate surface area is 137 Å². The number of aromatic nitrogens is 3. The molecule has 23 heavy (non-hydrogen) atoms. The van der Waals surface area contributed by atoms with Crippen LogP contribution in [0.15, 0.2) is 48.1 Å². The van der Waals surface area contributed by atoms with Gasteiger partial charge in [-0.25, -0.2) is 9.97 Å². The summed E-state index contributed by atoms with van der Waals surface area (Å²) in [5.74, 6) is 0.497. The Balaban J connectivity index is 1.61. The van der Waals surface area contributed by atoms with Gasteiger partial charge >= 0.3 is 0 Å². The largest absolute Gasteiger partial charge is 0.347 e. The van der Waals surface area contributed by atoms with Gasteiger partial charge in [0.15, 0.2) is 5.13 Å². The van der Waals surface area contributed by atoms with Crippen LogP contribution in [-0.4, -0.2) is 20.9 Å². The second-order valence-corrected chi connectivity index (χ2v) is 5.73. The van der Waals surface area contributed by atoms with Gasteiger partial charge in [-0.05, 0) is 30.7 Å². The minimum atomic E-state index is -0.213. The number of rotatable bonds is 5. The highest BCUT2D eigenvalue weighted by molar-refractivity contribution is 7.14. The Hall–Kier alpha value is -2.80. The quantitative estimate of drug-likeness (QED) is 0.754. The summed E-state index contributed by atoms with van der Waals surface area (Å²) in [4.78, 5) is 24.8. The van der Waals surface area contributed by atoms with Crippen LogP contribution in [0.2, 0.25) is 0 Å². The number of aryl methyl sites for hydroxylation is 1. The number of carbonyl (C=O) groups excluding carboxylic acids is 1. The predicted molar refractivity (Wildman–Crippen MR) is 89.8 cm³/mol. The van der Waals surface area contributed by atoms with Crippen molar-refractivity contribution in [2.75, 3.05) is 5.32 Å². The molecule has 0 atom stereocenters. The number of nitrogens with zero attached hydrogens (tertiary/aromatic N) is 3. The fourth-order valence-electron chi connectivity index (χ4n) is 1.93. The normalized spacial score (nSPS) is 10.3. The Bertz CT molecular complexity index is 803. The van der Waals surface area contributed by atoms with Crippen LogP contribution in [-0.2, 0) is 6.54 Å². The van der Waals surface area contributed by atoms with Gasteiger partial charge in [0.1, 0.15) is 11.5 Å². The molecule has 0 aliphatic heterocycles. The van der Waals surface area contributed by atoms with Crippen molar-refractivity contribution in [3.05, 3.63) is 65.1 Å². The molecule has 0 bridgehead atoms. The number of thiazole rings is 1. The van der Waals surface area contributed by atoms with Crippen molar-refractivity contribution in [1.29, 1.82) is 0 Å². The van der Waals surface area contributed by atoms with Gasteiger partial charge in [-0.1, -0.05) is 12.1 Å². The molecule has 3 rings (SSSR count). The van der Waals surface area contributed by atoms with Crippen molar-refractivity contribution in [1.82, 2.24) is 20.3 Å². The van der Waals surface area contributed by atoms with Gasteiger partial charge in [0, 0.05) is 30.0 Å². The van der Waals surface area contributed by atoms with Crippen molar-refractivity contribution in [2.45, 2.75) is 13.5 Å². The third-order valence-corrected chi connectivity index (χ3v) is 3.79. The van der Waals surface area contributed by atoms with Gasteiger partial charge in [0.05, 0.1) is 0 Å². The summed E-state index contributed by atoms with van der Waals surface area (Å²) in [6.45, 7) is 2.34. The van der Waals surface area contributed by atoms with Gasteiger partial charge in [0.2, 0.25) is 0 Å². The van der Waals surface area contributed by atoms with Crippen molar-refractivity contribution in [3.63, 3.8) is 0 Å². The van der Waals surface area contributed by atoms with Gasteiger partial charge < -0.3 is 10.6 Å². The molecule has 3 aromatic heterocycles. The number of pyridine rings is 2. The molecule has 0 spiro atoms. The van der Waals surface area contributed by atoms with Gasteiger partial charge in [-0.3, -0.25) is 9.78 Å². The maximum absolute atomic E-state index is 12.1. The lowest BCUT2D eigenvalue weighted by Crippen LogP contribution is -2.23. The Morgan fingerprint density at radius 2 is 2.13 bits per heavy atom. The predicted octanol–water partition coefficient (Wildman–Crippen LogP) is 2.92. The van der Waals surface area contributed by atoms with Crippen LogP contribution in [0.1, 0.15) is 21.7 Å². The molecular formula is C16H15N5OS. The standard InChI is InChI=1S/C16H15N5OS/c1-11-4-2-6-14(19-11)21-16-20-13(10-23-16)15(22)18-9-12-5-3-7-17-8-12/h2-8,10H,9H2,1H3,(H,18,22)(H,19,20,21). The zero-order valence-electron chi connectivity index (χ0n) is 12.5. The summed E-state index contributed by atoms with van der Waals surface area (Å²) in [7, 11) is 0. The topological polar surface area (TPSA) is 79.8 Å². The zero-order valence-corrected chi connectivity index (χ0v) is 13.3. The average molecular weight is 325 g/mol. The Morgan fingerprint density at radius 3 is 2.91 bits per heavy atom. The molecule has 116 valence electrons. The minimum absolute atomic E-state index is 0.213. The van der Waals surface area contributed by atoms with Crippen LogP contribution in [0, 0.1) is 6.92 Å². The fraction of sp³-hybridized carbons (Fsp3) is 0.125. The molecule has 3 heterocycles. The summed E-state index contributed by atoms with van der Waals surface area (Å²) < 4.78 is 0. The first-order valence-electron chi connectivity index (χ1n) is 7.04. The van der Waals surface area contributed by atoms with E-state index in [4.69, 9.17) is 0 Å². The Kier molecular flexibility index (Phi) is 4.58. The van der Waals surface area contributed by atoms with E-state index in [-0.39, 0.29) is 5.91 Å². The van der Waals surface area contributed by atoms with Crippen LogP contribution in [0.25, 0.3) is 0 Å². The first kappa shape index (κ1) is 15.1. The second kappa shape index (κ2) is 6.97. The third-order valence-electron chi connectivity index (χ3n) is 3.04. The first-order valence-corrected chi connectivity index (χ1v) is 7.92. The van der Waals surface area contributed by atoms with E-state index in [0.717, 1.165) is 11.3 Å². The molecule has 0 radical (unpaired) electrons. The number of hydrogen-bond acceptors (Lipinski definition) is 6. The maximum atomic E-state index is 12.1. The van der Waals surface area contributed by atoms with E-state index >= 15 is 0 Å². The molecule has 0 aliphatic rings. The average Bonchev–Trinajstić information content (AvgIpc) is 3.02. The molecule has 0 fully saturated rings. The number of anilines is 2. The summed E-state index contributed by atoms with van der Waals surface area (Å²) >= 11 is 1.36. The summed E-state index contributed by atoms with van der Waals surface area (Å²) in [6.07, 6.45) is 3.42. The first-order chi connectivity index (χ1) is 11.2. The molecule has 6 nitrogen and oxygen atoms in total. The summed E-state index contributed by atoms with van der Waals surface area (Å²) in [6, 6.07) is 9.44. The van der Waals surface area contributed by atoms with Crippen LogP contribution < -0.4 is 10.6 Å². The van der Waals surface area contributed by atoms with Crippen molar-refractivity contribution < 1.29 is 4.79 Å². The minimum Gasteiger partial charge on any atom is -0.347 e. The van der Waals surface area contributed by atoms with E-state index in [9.17, 15) is 4.79 Å². The number of amides is 1. The molecule has 7 heteroatoms. The van der Waals surface area contributed by atoms with E-state index in [1.807, 2.05) is 37.3 Å². The van der Waals surface area contributed by atoms with Crippen LogP contribution in [0.4, 0.5) is 10.9 Å². The Morgan fingerprint density at radius 1 is 1.22 bits per heavy atom. The van der Waals surface area contributed by atoms with Gasteiger partial charge in [-0.2, -0.15) is 0 Å². The highest BCUT2D eigenvalue weighted by Crippen LogP contribution is 2.19. The van der Waals surface area contributed by atoms with Crippen LogP contribution in [0.3, 0.4) is 0 Å². The van der Waals surface area contributed by atoms with Gasteiger partial charge in [-0.15, -0.1) is 11.3 Å². The molecule has 0 aromatic carbocycles. The number of carbonyl (C=O) groups is 1. The summed E-state index contributed by atoms with van der Waals surface area (Å²) in [5, 5.41) is 8.28. The zero-order chi connectivity index (χ0) is 16.1. The van der Waals surface area contributed by atoms with Crippen LogP contribution in [0.5, 0.6) is 0 Å². The smallest absolute Gasteiger partial charge is 0.271 e. The van der Waals surface area contributed by atoms with E-state index in [1.54, 1.807) is 17.8 Å². The molecule has 0 aliphatic carbocycles. The number of nitrogens with one attached hydrogen (secondary N) is 2. The molecule has 0 saturated carbocycles. The monoisotopic (exact) mass is 325 g/mol. The molecule has 1 amide bonds. The highest BCUT2D eigenvalue weighted by Gasteiger charge is 2.11. The highest BCUT2D eigenvalue weighted by atomic mass is 32.1. The fourth-order valence-corrected chi connectivity index (χ4v) is 2.63. The van der Waals surface area contributed by atoms with E-state index in [1.165, 1.54) is 11.3 Å². The van der Waals surface area contributed by atoms with E-state index < -0.39 is 0 Å². The molecular weight excluding hydrogens is 310 g/mol. The van der Waals surface area contributed by atoms with Crippen molar-refractivity contribution in [3.8, 4) is 0 Å². The number of hydrogen-bond donors (Lipinski definition) is 2. The maximum Gasteiger partial charge on any atom is 0.271 e. The molecule has 0 unspecified atom stereocenters. The lowest BCUT2D eigenvalue weighted by Gasteiger charge is -2.03. The molecule has 3 aromatic rings. The molecule has 2 N–H and O–H groups in total. The van der Waals surface area contributed by atoms with E-state index in [0.29, 0.717) is 23.2 Å². The molecule has 0 saturated heterocycles. The lowest BCUT2D eigenvalue weighted by atomic mass is 10.3. The lowest BCUT2D eigenvalue weighted by molar-refractivity contribution is 0.0946. The SMILES string of the molecule is Cc1cccc(Nc2nc(C(=O)NCc3cccnc3)cs2)n1. The van der Waals surface area contributed by atoms with Gasteiger partial charge in [0.25, 0.3) is 5.91 Å².